The number of nitro groups is 2. The number of rotatable bonds is 3. The standard InChI is InChI=1S/C7H4ClFN2O4/c8-7-5(10(12)13)1-4(3-9)2-6(7)11(14)15/h1-2H,3H2. The van der Waals surface area contributed by atoms with Gasteiger partial charge >= 0.3 is 0 Å². The summed E-state index contributed by atoms with van der Waals surface area (Å²) < 4.78 is 12.3. The zero-order valence-corrected chi connectivity index (χ0v) is 7.90. The summed E-state index contributed by atoms with van der Waals surface area (Å²) in [5, 5.41) is 20.3. The Morgan fingerprint density at radius 1 is 1.20 bits per heavy atom. The van der Waals surface area contributed by atoms with E-state index in [1.807, 2.05) is 0 Å². The van der Waals surface area contributed by atoms with Crippen LogP contribution in [0.25, 0.3) is 0 Å². The molecule has 0 bridgehead atoms. The van der Waals surface area contributed by atoms with E-state index in [-0.39, 0.29) is 5.56 Å². The van der Waals surface area contributed by atoms with Crippen LogP contribution in [0, 0.1) is 20.2 Å². The minimum Gasteiger partial charge on any atom is -0.258 e. The van der Waals surface area contributed by atoms with Crippen molar-refractivity contribution in [3.8, 4) is 0 Å². The average Bonchev–Trinajstić information content (AvgIpc) is 2.17. The lowest BCUT2D eigenvalue weighted by molar-refractivity contribution is -0.394. The van der Waals surface area contributed by atoms with Crippen LogP contribution in [0.15, 0.2) is 12.1 Å². The number of benzene rings is 1. The Bertz CT molecular complexity index is 402. The number of hydrogen-bond donors (Lipinski definition) is 0. The minimum atomic E-state index is -1.03. The van der Waals surface area contributed by atoms with Crippen LogP contribution in [0.4, 0.5) is 15.8 Å². The lowest BCUT2D eigenvalue weighted by atomic mass is 10.2. The second-order valence-corrected chi connectivity index (χ2v) is 2.97. The summed E-state index contributed by atoms with van der Waals surface area (Å²) in [6.45, 7) is -1.03. The third kappa shape index (κ3) is 2.18. The lowest BCUT2D eigenvalue weighted by Gasteiger charge is -1.99. The fourth-order valence-electron chi connectivity index (χ4n) is 0.994. The summed E-state index contributed by atoms with van der Waals surface area (Å²) in [6.07, 6.45) is 0. The van der Waals surface area contributed by atoms with Gasteiger partial charge in [0.05, 0.1) is 9.85 Å². The van der Waals surface area contributed by atoms with Crippen LogP contribution >= 0.6 is 11.6 Å². The van der Waals surface area contributed by atoms with Crippen LogP contribution in [0.1, 0.15) is 5.56 Å². The van der Waals surface area contributed by atoms with E-state index in [1.165, 1.54) is 0 Å². The largest absolute Gasteiger partial charge is 0.295 e. The van der Waals surface area contributed by atoms with Gasteiger partial charge in [0.15, 0.2) is 5.02 Å². The summed E-state index contributed by atoms with van der Waals surface area (Å²) >= 11 is 5.42. The van der Waals surface area contributed by atoms with Crippen molar-refractivity contribution in [1.29, 1.82) is 0 Å². The highest BCUT2D eigenvalue weighted by Crippen LogP contribution is 2.34. The van der Waals surface area contributed by atoms with Crippen molar-refractivity contribution >= 4 is 23.0 Å². The van der Waals surface area contributed by atoms with E-state index >= 15 is 0 Å². The predicted octanol–water partition coefficient (Wildman–Crippen LogP) is 2.63. The molecular weight excluding hydrogens is 231 g/mol. The van der Waals surface area contributed by atoms with Crippen LogP contribution in [0.3, 0.4) is 0 Å². The van der Waals surface area contributed by atoms with E-state index in [2.05, 4.69) is 0 Å². The molecule has 0 N–H and O–H groups in total. The summed E-state index contributed by atoms with van der Waals surface area (Å²) in [4.78, 5) is 19.1. The number of alkyl halides is 1. The van der Waals surface area contributed by atoms with Gasteiger partial charge < -0.3 is 0 Å². The molecule has 1 aromatic carbocycles. The summed E-state index contributed by atoms with van der Waals surface area (Å²) in [5.74, 6) is 0. The van der Waals surface area contributed by atoms with Crippen molar-refractivity contribution in [2.75, 3.05) is 0 Å². The van der Waals surface area contributed by atoms with E-state index in [1.54, 1.807) is 0 Å². The number of hydrogen-bond acceptors (Lipinski definition) is 4. The van der Waals surface area contributed by atoms with Crippen molar-refractivity contribution in [3.05, 3.63) is 42.9 Å². The molecule has 0 aliphatic rings. The molecule has 15 heavy (non-hydrogen) atoms. The zero-order valence-electron chi connectivity index (χ0n) is 7.15. The van der Waals surface area contributed by atoms with Crippen LogP contribution in [-0.2, 0) is 6.67 Å². The molecule has 0 atom stereocenters. The SMILES string of the molecule is O=[N+]([O-])c1cc(CF)cc([N+](=O)[O-])c1Cl. The molecule has 0 spiro atoms. The third-order valence-electron chi connectivity index (χ3n) is 1.64. The summed E-state index contributed by atoms with van der Waals surface area (Å²) in [7, 11) is 0. The maximum Gasteiger partial charge on any atom is 0.295 e. The number of halogens is 2. The van der Waals surface area contributed by atoms with Gasteiger partial charge in [-0.1, -0.05) is 11.6 Å². The molecule has 1 rings (SSSR count). The molecule has 0 saturated carbocycles. The van der Waals surface area contributed by atoms with Gasteiger partial charge in [-0.3, -0.25) is 20.2 Å². The van der Waals surface area contributed by atoms with Crippen LogP contribution in [-0.4, -0.2) is 9.85 Å². The van der Waals surface area contributed by atoms with Crippen molar-refractivity contribution in [3.63, 3.8) is 0 Å². The van der Waals surface area contributed by atoms with Crippen molar-refractivity contribution in [2.45, 2.75) is 6.67 Å². The number of nitro benzene ring substituents is 2. The molecular formula is C7H4ClFN2O4. The maximum atomic E-state index is 12.3. The normalized spacial score (nSPS) is 10.0. The maximum absolute atomic E-state index is 12.3. The second kappa shape index (κ2) is 4.18. The van der Waals surface area contributed by atoms with Crippen LogP contribution in [0.5, 0.6) is 0 Å². The quantitative estimate of drug-likeness (QED) is 0.594. The molecule has 0 aliphatic heterocycles. The first-order valence-electron chi connectivity index (χ1n) is 3.64. The molecule has 0 fully saturated rings. The highest BCUT2D eigenvalue weighted by molar-refractivity contribution is 6.34. The molecule has 0 amide bonds. The Labute approximate surface area is 87.6 Å². The fourth-order valence-corrected chi connectivity index (χ4v) is 1.24. The summed E-state index contributed by atoms with van der Waals surface area (Å²) in [5.41, 5.74) is -1.49. The molecule has 0 heterocycles. The molecule has 8 heteroatoms. The number of nitrogens with zero attached hydrogens (tertiary/aromatic N) is 2. The topological polar surface area (TPSA) is 86.3 Å². The third-order valence-corrected chi connectivity index (χ3v) is 2.03. The molecule has 6 nitrogen and oxygen atoms in total. The summed E-state index contributed by atoms with van der Waals surface area (Å²) in [6, 6.07) is 1.74. The molecule has 80 valence electrons. The molecule has 0 aliphatic carbocycles. The van der Waals surface area contributed by atoms with Crippen molar-refractivity contribution in [1.82, 2.24) is 0 Å². The van der Waals surface area contributed by atoms with E-state index in [0.717, 1.165) is 12.1 Å². The zero-order chi connectivity index (χ0) is 11.6. The van der Waals surface area contributed by atoms with Crippen LogP contribution in [0.2, 0.25) is 5.02 Å². The first-order chi connectivity index (χ1) is 6.97. The van der Waals surface area contributed by atoms with Gasteiger partial charge in [0.1, 0.15) is 6.67 Å². The highest BCUT2D eigenvalue weighted by atomic mass is 35.5. The second-order valence-electron chi connectivity index (χ2n) is 2.60. The molecule has 0 aromatic heterocycles. The van der Waals surface area contributed by atoms with Crippen molar-refractivity contribution < 1.29 is 14.2 Å². The van der Waals surface area contributed by atoms with Gasteiger partial charge in [0, 0.05) is 12.1 Å². The lowest BCUT2D eigenvalue weighted by Crippen LogP contribution is -1.96. The van der Waals surface area contributed by atoms with Gasteiger partial charge in [-0.25, -0.2) is 4.39 Å². The molecule has 0 saturated heterocycles. The Kier molecular flexibility index (Phi) is 3.15. The predicted molar refractivity (Wildman–Crippen MR) is 49.6 cm³/mol. The van der Waals surface area contributed by atoms with Gasteiger partial charge in [-0.2, -0.15) is 0 Å². The monoisotopic (exact) mass is 234 g/mol. The molecule has 0 radical (unpaired) electrons. The Morgan fingerprint density at radius 3 is 1.87 bits per heavy atom. The van der Waals surface area contributed by atoms with Crippen LogP contribution < -0.4 is 0 Å². The smallest absolute Gasteiger partial charge is 0.258 e. The van der Waals surface area contributed by atoms with Crippen molar-refractivity contribution in [2.24, 2.45) is 0 Å². The Balaban J connectivity index is 3.47. The van der Waals surface area contributed by atoms with E-state index in [4.69, 9.17) is 11.6 Å². The van der Waals surface area contributed by atoms with Gasteiger partial charge in [-0.05, 0) is 5.56 Å². The van der Waals surface area contributed by atoms with E-state index < -0.39 is 32.9 Å². The molecule has 1 aromatic rings. The van der Waals surface area contributed by atoms with Gasteiger partial charge in [0.2, 0.25) is 0 Å². The first-order valence-corrected chi connectivity index (χ1v) is 4.02. The molecule has 0 unspecified atom stereocenters. The minimum absolute atomic E-state index is 0.155. The van der Waals surface area contributed by atoms with Gasteiger partial charge in [-0.15, -0.1) is 0 Å². The average molecular weight is 235 g/mol. The van der Waals surface area contributed by atoms with E-state index in [9.17, 15) is 24.6 Å². The first kappa shape index (κ1) is 11.3. The van der Waals surface area contributed by atoms with Gasteiger partial charge in [0.25, 0.3) is 11.4 Å². The Hall–Kier alpha value is -1.76. The fraction of sp³-hybridized carbons (Fsp3) is 0.143. The highest BCUT2D eigenvalue weighted by Gasteiger charge is 2.24. The Morgan fingerprint density at radius 2 is 1.60 bits per heavy atom. The van der Waals surface area contributed by atoms with E-state index in [0.29, 0.717) is 0 Å².